The number of rotatable bonds is 5. The first-order valence-corrected chi connectivity index (χ1v) is 8.39. The average molecular weight is 320 g/mol. The molecule has 0 atom stereocenters. The first kappa shape index (κ1) is 17.4. The fraction of sp³-hybridized carbons (Fsp3) is 0.556. The predicted molar refractivity (Wildman–Crippen MR) is 88.5 cm³/mol. The highest BCUT2D eigenvalue weighted by molar-refractivity contribution is 5.91. The molecule has 0 spiro atoms. The van der Waals surface area contributed by atoms with Gasteiger partial charge in [0.25, 0.3) is 0 Å². The molecule has 0 saturated heterocycles. The highest BCUT2D eigenvalue weighted by Crippen LogP contribution is 2.22. The largest absolute Gasteiger partial charge is 0.339 e. The van der Waals surface area contributed by atoms with Gasteiger partial charge in [-0.25, -0.2) is 4.39 Å². The monoisotopic (exact) mass is 320 g/mol. The molecule has 126 valence electrons. The minimum absolute atomic E-state index is 0.0236. The second-order valence-corrected chi connectivity index (χ2v) is 6.17. The van der Waals surface area contributed by atoms with Crippen LogP contribution in [0, 0.1) is 5.82 Å². The van der Waals surface area contributed by atoms with Crippen molar-refractivity contribution in [2.24, 2.45) is 0 Å². The van der Waals surface area contributed by atoms with E-state index in [9.17, 15) is 14.0 Å². The zero-order chi connectivity index (χ0) is 16.7. The summed E-state index contributed by atoms with van der Waals surface area (Å²) in [6.45, 7) is 1.98. The summed E-state index contributed by atoms with van der Waals surface area (Å²) in [6.07, 6.45) is 7.00. The van der Waals surface area contributed by atoms with Crippen molar-refractivity contribution >= 4 is 17.5 Å². The van der Waals surface area contributed by atoms with Crippen LogP contribution < -0.4 is 5.32 Å². The fourth-order valence-corrected chi connectivity index (χ4v) is 3.18. The van der Waals surface area contributed by atoms with Gasteiger partial charge in [0.2, 0.25) is 11.8 Å². The number of amides is 2. The van der Waals surface area contributed by atoms with Crippen LogP contribution in [-0.2, 0) is 9.59 Å². The Labute approximate surface area is 137 Å². The quantitative estimate of drug-likeness (QED) is 0.841. The topological polar surface area (TPSA) is 49.4 Å². The Morgan fingerprint density at radius 2 is 1.91 bits per heavy atom. The molecule has 5 heteroatoms. The van der Waals surface area contributed by atoms with Crippen LogP contribution in [0.5, 0.6) is 0 Å². The van der Waals surface area contributed by atoms with Crippen molar-refractivity contribution in [3.8, 4) is 0 Å². The molecule has 0 unspecified atom stereocenters. The molecular formula is C18H25FN2O2. The van der Waals surface area contributed by atoms with Crippen LogP contribution in [0.4, 0.5) is 10.1 Å². The summed E-state index contributed by atoms with van der Waals surface area (Å²) in [5.74, 6) is -0.558. The number of hydrogen-bond acceptors (Lipinski definition) is 2. The van der Waals surface area contributed by atoms with Gasteiger partial charge in [-0.3, -0.25) is 9.59 Å². The SMILES string of the molecule is CC(=O)N(CCC(=O)Nc1cccc(F)c1)C1CCCCCC1. The van der Waals surface area contributed by atoms with E-state index >= 15 is 0 Å². The molecule has 1 N–H and O–H groups in total. The summed E-state index contributed by atoms with van der Waals surface area (Å²) in [5, 5.41) is 2.68. The number of halogens is 1. The molecule has 23 heavy (non-hydrogen) atoms. The minimum atomic E-state index is -0.383. The molecular weight excluding hydrogens is 295 g/mol. The van der Waals surface area contributed by atoms with Gasteiger partial charge >= 0.3 is 0 Å². The van der Waals surface area contributed by atoms with E-state index < -0.39 is 0 Å². The van der Waals surface area contributed by atoms with Gasteiger partial charge < -0.3 is 10.2 Å². The van der Waals surface area contributed by atoms with Crippen molar-refractivity contribution in [3.63, 3.8) is 0 Å². The third-order valence-electron chi connectivity index (χ3n) is 4.36. The maximum atomic E-state index is 13.1. The molecule has 0 bridgehead atoms. The van der Waals surface area contributed by atoms with E-state index in [-0.39, 0.29) is 30.1 Å². The third kappa shape index (κ3) is 5.66. The van der Waals surface area contributed by atoms with Crippen molar-refractivity contribution < 1.29 is 14.0 Å². The number of nitrogens with one attached hydrogen (secondary N) is 1. The summed E-state index contributed by atoms with van der Waals surface area (Å²) in [7, 11) is 0. The van der Waals surface area contributed by atoms with E-state index in [0.717, 1.165) is 25.7 Å². The normalized spacial score (nSPS) is 15.7. The maximum absolute atomic E-state index is 13.1. The number of benzene rings is 1. The molecule has 0 aliphatic heterocycles. The van der Waals surface area contributed by atoms with Gasteiger partial charge in [-0.05, 0) is 31.0 Å². The van der Waals surface area contributed by atoms with Crippen molar-refractivity contribution in [1.29, 1.82) is 0 Å². The Morgan fingerprint density at radius 1 is 1.22 bits per heavy atom. The van der Waals surface area contributed by atoms with Crippen LogP contribution in [0.25, 0.3) is 0 Å². The van der Waals surface area contributed by atoms with Gasteiger partial charge in [-0.1, -0.05) is 31.7 Å². The number of carbonyl (C=O) groups excluding carboxylic acids is 2. The number of nitrogens with zero attached hydrogens (tertiary/aromatic N) is 1. The Bertz CT molecular complexity index is 540. The first-order chi connectivity index (χ1) is 11.1. The van der Waals surface area contributed by atoms with Gasteiger partial charge in [0.05, 0.1) is 0 Å². The van der Waals surface area contributed by atoms with Crippen molar-refractivity contribution in [1.82, 2.24) is 4.90 Å². The van der Waals surface area contributed by atoms with E-state index in [4.69, 9.17) is 0 Å². The summed E-state index contributed by atoms with van der Waals surface area (Å²) in [6, 6.07) is 6.07. The Hall–Kier alpha value is -1.91. The van der Waals surface area contributed by atoms with E-state index in [1.165, 1.54) is 25.0 Å². The minimum Gasteiger partial charge on any atom is -0.339 e. The first-order valence-electron chi connectivity index (χ1n) is 8.39. The standard InChI is InChI=1S/C18H25FN2O2/c1-14(22)21(17-9-4-2-3-5-10-17)12-11-18(23)20-16-8-6-7-15(19)13-16/h6-8,13,17H,2-5,9-12H2,1H3,(H,20,23). The molecule has 2 rings (SSSR count). The van der Waals surface area contributed by atoms with Crippen LogP contribution in [0.2, 0.25) is 0 Å². The lowest BCUT2D eigenvalue weighted by atomic mass is 10.1. The molecule has 4 nitrogen and oxygen atoms in total. The number of carbonyl (C=O) groups is 2. The van der Waals surface area contributed by atoms with Crippen LogP contribution in [0.15, 0.2) is 24.3 Å². The Kier molecular flexibility index (Phi) is 6.56. The lowest BCUT2D eigenvalue weighted by molar-refractivity contribution is -0.131. The van der Waals surface area contributed by atoms with Gasteiger partial charge in [0, 0.05) is 31.6 Å². The molecule has 1 aliphatic carbocycles. The highest BCUT2D eigenvalue weighted by atomic mass is 19.1. The van der Waals surface area contributed by atoms with E-state index in [1.54, 1.807) is 19.1 Å². The van der Waals surface area contributed by atoms with Crippen LogP contribution in [-0.4, -0.2) is 29.3 Å². The molecule has 0 radical (unpaired) electrons. The number of anilines is 1. The van der Waals surface area contributed by atoms with Gasteiger partial charge in [-0.15, -0.1) is 0 Å². The van der Waals surface area contributed by atoms with Crippen LogP contribution >= 0.6 is 0 Å². The molecule has 0 aromatic heterocycles. The van der Waals surface area contributed by atoms with Gasteiger partial charge in [-0.2, -0.15) is 0 Å². The molecule has 1 fully saturated rings. The summed E-state index contributed by atoms with van der Waals surface area (Å²) in [4.78, 5) is 25.8. The van der Waals surface area contributed by atoms with Gasteiger partial charge in [0.1, 0.15) is 5.82 Å². The molecule has 1 aliphatic rings. The zero-order valence-corrected chi connectivity index (χ0v) is 13.7. The second kappa shape index (κ2) is 8.65. The van der Waals surface area contributed by atoms with Crippen LogP contribution in [0.1, 0.15) is 51.9 Å². The van der Waals surface area contributed by atoms with E-state index in [0.29, 0.717) is 12.2 Å². The molecule has 1 aromatic rings. The third-order valence-corrected chi connectivity index (χ3v) is 4.36. The molecule has 2 amide bonds. The Morgan fingerprint density at radius 3 is 2.52 bits per heavy atom. The lowest BCUT2D eigenvalue weighted by Gasteiger charge is -2.30. The summed E-state index contributed by atoms with van der Waals surface area (Å²) in [5.41, 5.74) is 0.443. The van der Waals surface area contributed by atoms with Crippen molar-refractivity contribution in [2.45, 2.75) is 57.9 Å². The highest BCUT2D eigenvalue weighted by Gasteiger charge is 2.22. The van der Waals surface area contributed by atoms with Crippen molar-refractivity contribution in [3.05, 3.63) is 30.1 Å². The zero-order valence-electron chi connectivity index (χ0n) is 13.7. The molecule has 0 heterocycles. The second-order valence-electron chi connectivity index (χ2n) is 6.17. The molecule has 1 saturated carbocycles. The van der Waals surface area contributed by atoms with E-state index in [1.807, 2.05) is 4.90 Å². The van der Waals surface area contributed by atoms with Gasteiger partial charge in [0.15, 0.2) is 0 Å². The molecule has 1 aromatic carbocycles. The van der Waals surface area contributed by atoms with E-state index in [2.05, 4.69) is 5.32 Å². The maximum Gasteiger partial charge on any atom is 0.226 e. The Balaban J connectivity index is 1.87. The number of hydrogen-bond donors (Lipinski definition) is 1. The summed E-state index contributed by atoms with van der Waals surface area (Å²) >= 11 is 0. The summed E-state index contributed by atoms with van der Waals surface area (Å²) < 4.78 is 13.1. The lowest BCUT2D eigenvalue weighted by Crippen LogP contribution is -2.40. The smallest absolute Gasteiger partial charge is 0.226 e. The van der Waals surface area contributed by atoms with Crippen molar-refractivity contribution in [2.75, 3.05) is 11.9 Å². The average Bonchev–Trinajstić information content (AvgIpc) is 2.76. The predicted octanol–water partition coefficient (Wildman–Crippen LogP) is 3.73. The fourth-order valence-electron chi connectivity index (χ4n) is 3.18. The van der Waals surface area contributed by atoms with Crippen LogP contribution in [0.3, 0.4) is 0 Å².